The van der Waals surface area contributed by atoms with Crippen LogP contribution in [-0.2, 0) is 0 Å². The number of rotatable bonds is 7. The molecule has 62 heavy (non-hydrogen) atoms. The van der Waals surface area contributed by atoms with Crippen LogP contribution in [0.4, 0.5) is 0 Å². The summed E-state index contributed by atoms with van der Waals surface area (Å²) in [7, 11) is 0. The number of nitrogens with zero attached hydrogens (tertiary/aromatic N) is 7. The first-order valence-electron chi connectivity index (χ1n) is 20.6. The lowest BCUT2D eigenvalue weighted by atomic mass is 10.0. The summed E-state index contributed by atoms with van der Waals surface area (Å²) >= 11 is 0. The lowest BCUT2D eigenvalue weighted by Crippen LogP contribution is -2.01. The summed E-state index contributed by atoms with van der Waals surface area (Å²) in [5.74, 6) is 1.75. The smallest absolute Gasteiger partial charge is 0.164 e. The fourth-order valence-corrected chi connectivity index (χ4v) is 8.86. The van der Waals surface area contributed by atoms with Crippen molar-refractivity contribution in [3.63, 3.8) is 0 Å². The Morgan fingerprint density at radius 2 is 0.645 bits per heavy atom. The van der Waals surface area contributed by atoms with Crippen molar-refractivity contribution in [2.75, 3.05) is 0 Å². The minimum absolute atomic E-state index is 0.582. The van der Waals surface area contributed by atoms with Gasteiger partial charge in [0.05, 0.1) is 22.1 Å². The van der Waals surface area contributed by atoms with Gasteiger partial charge in [0.15, 0.2) is 17.5 Å². The summed E-state index contributed by atoms with van der Waals surface area (Å²) in [6, 6.07) is 66.7. The zero-order valence-corrected chi connectivity index (χ0v) is 33.3. The van der Waals surface area contributed by atoms with E-state index in [-0.39, 0.29) is 0 Å². The first kappa shape index (κ1) is 35.4. The van der Waals surface area contributed by atoms with Gasteiger partial charge in [0.2, 0.25) is 0 Å². The van der Waals surface area contributed by atoms with Crippen LogP contribution in [0.1, 0.15) is 0 Å². The molecule has 0 amide bonds. The van der Waals surface area contributed by atoms with E-state index in [9.17, 15) is 0 Å². The van der Waals surface area contributed by atoms with Crippen molar-refractivity contribution >= 4 is 43.6 Å². The van der Waals surface area contributed by atoms with Gasteiger partial charge >= 0.3 is 0 Å². The Morgan fingerprint density at radius 1 is 0.258 bits per heavy atom. The van der Waals surface area contributed by atoms with Crippen LogP contribution in [0.15, 0.2) is 213 Å². The highest BCUT2D eigenvalue weighted by Gasteiger charge is 2.19. The van der Waals surface area contributed by atoms with E-state index in [2.05, 4.69) is 183 Å². The third-order valence-corrected chi connectivity index (χ3v) is 11.8. The summed E-state index contributed by atoms with van der Waals surface area (Å²) in [6.45, 7) is 0. The fraction of sp³-hybridized carbons (Fsp3) is 0. The van der Waals surface area contributed by atoms with Gasteiger partial charge in [0.1, 0.15) is 0 Å². The van der Waals surface area contributed by atoms with Crippen molar-refractivity contribution in [1.82, 2.24) is 34.1 Å². The molecule has 0 unspecified atom stereocenters. The molecule has 290 valence electrons. The first-order chi connectivity index (χ1) is 30.7. The van der Waals surface area contributed by atoms with Gasteiger partial charge in [-0.05, 0) is 95.1 Å². The second kappa shape index (κ2) is 14.6. The molecule has 0 saturated heterocycles. The number of fused-ring (bicyclic) bond motifs is 6. The van der Waals surface area contributed by atoms with Crippen LogP contribution >= 0.6 is 0 Å². The Morgan fingerprint density at radius 3 is 1.16 bits per heavy atom. The second-order valence-electron chi connectivity index (χ2n) is 15.4. The zero-order chi connectivity index (χ0) is 41.0. The standard InChI is InChI=1S/C55H35N7/c1-2-10-36(11-3-1)41-22-23-52-48(34-41)47-14-6-9-17-51(47)62(52)44-33-42(32-43(35-44)61-49-15-7-4-12-45(49)46-13-5-8-16-50(46)61)37-18-20-38(21-19-37)53-58-54(39-24-28-56-29-25-39)60-55(59-53)40-26-30-57-31-27-40/h1-35H. The Kier molecular flexibility index (Phi) is 8.35. The highest BCUT2D eigenvalue weighted by molar-refractivity contribution is 6.11. The number of pyridine rings is 2. The molecule has 0 saturated carbocycles. The van der Waals surface area contributed by atoms with Crippen LogP contribution in [0.2, 0.25) is 0 Å². The summed E-state index contributed by atoms with van der Waals surface area (Å²) in [6.07, 6.45) is 7.01. The van der Waals surface area contributed by atoms with Crippen molar-refractivity contribution in [3.8, 4) is 67.8 Å². The third-order valence-electron chi connectivity index (χ3n) is 11.8. The minimum Gasteiger partial charge on any atom is -0.309 e. The van der Waals surface area contributed by atoms with Crippen LogP contribution in [0.3, 0.4) is 0 Å². The van der Waals surface area contributed by atoms with E-state index in [1.54, 1.807) is 24.8 Å². The maximum atomic E-state index is 4.97. The van der Waals surface area contributed by atoms with Crippen molar-refractivity contribution in [2.45, 2.75) is 0 Å². The van der Waals surface area contributed by atoms with Gasteiger partial charge in [-0.1, -0.05) is 115 Å². The molecule has 7 heteroatoms. The maximum Gasteiger partial charge on any atom is 0.164 e. The predicted molar refractivity (Wildman–Crippen MR) is 251 cm³/mol. The molecule has 0 bridgehead atoms. The zero-order valence-electron chi connectivity index (χ0n) is 33.3. The van der Waals surface area contributed by atoms with Crippen molar-refractivity contribution < 1.29 is 0 Å². The Bertz CT molecular complexity index is 3500. The van der Waals surface area contributed by atoms with Crippen LogP contribution in [-0.4, -0.2) is 34.1 Å². The van der Waals surface area contributed by atoms with E-state index < -0.39 is 0 Å². The topological polar surface area (TPSA) is 74.3 Å². The average Bonchev–Trinajstić information content (AvgIpc) is 3.87. The van der Waals surface area contributed by atoms with Gasteiger partial charge in [-0.3, -0.25) is 9.97 Å². The molecule has 7 aromatic carbocycles. The van der Waals surface area contributed by atoms with Gasteiger partial charge in [0.25, 0.3) is 0 Å². The van der Waals surface area contributed by atoms with Crippen LogP contribution < -0.4 is 0 Å². The molecule has 0 spiro atoms. The quantitative estimate of drug-likeness (QED) is 0.161. The van der Waals surface area contributed by atoms with E-state index in [4.69, 9.17) is 15.0 Å². The molecule has 7 nitrogen and oxygen atoms in total. The average molecular weight is 794 g/mol. The largest absolute Gasteiger partial charge is 0.309 e. The Hall–Kier alpha value is -8.55. The molecule has 12 aromatic rings. The van der Waals surface area contributed by atoms with Crippen molar-refractivity contribution in [2.24, 2.45) is 0 Å². The number of aromatic nitrogens is 7. The minimum atomic E-state index is 0.582. The molecule has 5 heterocycles. The normalized spacial score (nSPS) is 11.5. The number of hydrogen-bond acceptors (Lipinski definition) is 5. The molecule has 0 N–H and O–H groups in total. The summed E-state index contributed by atoms with van der Waals surface area (Å²) < 4.78 is 4.82. The van der Waals surface area contributed by atoms with Gasteiger partial charge in [-0.25, -0.2) is 15.0 Å². The monoisotopic (exact) mass is 793 g/mol. The summed E-state index contributed by atoms with van der Waals surface area (Å²) in [4.78, 5) is 23.2. The number of benzene rings is 7. The van der Waals surface area contributed by atoms with Gasteiger partial charge in [0, 0.05) is 74.4 Å². The fourth-order valence-electron chi connectivity index (χ4n) is 8.86. The first-order valence-corrected chi connectivity index (χ1v) is 20.6. The lowest BCUT2D eigenvalue weighted by molar-refractivity contribution is 1.07. The van der Waals surface area contributed by atoms with E-state index in [1.165, 1.54) is 32.7 Å². The van der Waals surface area contributed by atoms with Crippen molar-refractivity contribution in [3.05, 3.63) is 213 Å². The molecule has 5 aromatic heterocycles. The Balaban J connectivity index is 1.06. The highest BCUT2D eigenvalue weighted by Crippen LogP contribution is 2.39. The molecule has 0 fully saturated rings. The molecule has 0 atom stereocenters. The molecule has 12 rings (SSSR count). The van der Waals surface area contributed by atoms with E-state index in [0.29, 0.717) is 17.5 Å². The SMILES string of the molecule is c1ccc(-c2ccc3c(c2)c2ccccc2n3-c2cc(-c3ccc(-c4nc(-c5ccncc5)nc(-c5ccncc5)n4)cc3)cc(-n3c4ccccc4c4ccccc43)c2)cc1. The Labute approximate surface area is 356 Å². The van der Waals surface area contributed by atoms with E-state index in [1.807, 2.05) is 24.3 Å². The van der Waals surface area contributed by atoms with Crippen LogP contribution in [0.25, 0.3) is 111 Å². The number of hydrogen-bond donors (Lipinski definition) is 0. The molecule has 0 radical (unpaired) electrons. The predicted octanol–water partition coefficient (Wildman–Crippen LogP) is 13.2. The lowest BCUT2D eigenvalue weighted by Gasteiger charge is -2.16. The van der Waals surface area contributed by atoms with Crippen molar-refractivity contribution in [1.29, 1.82) is 0 Å². The molecular formula is C55H35N7. The summed E-state index contributed by atoms with van der Waals surface area (Å²) in [5.41, 5.74) is 13.9. The highest BCUT2D eigenvalue weighted by atomic mass is 15.0. The van der Waals surface area contributed by atoms with Crippen LogP contribution in [0.5, 0.6) is 0 Å². The molecule has 0 aliphatic carbocycles. The van der Waals surface area contributed by atoms with Gasteiger partial charge < -0.3 is 9.13 Å². The van der Waals surface area contributed by atoms with E-state index in [0.717, 1.165) is 61.3 Å². The molecule has 0 aliphatic heterocycles. The molecule has 0 aliphatic rings. The number of para-hydroxylation sites is 3. The third kappa shape index (κ3) is 6.02. The maximum absolute atomic E-state index is 4.97. The van der Waals surface area contributed by atoms with Gasteiger partial charge in [-0.15, -0.1) is 0 Å². The molecular weight excluding hydrogens is 759 g/mol. The van der Waals surface area contributed by atoms with Gasteiger partial charge in [-0.2, -0.15) is 0 Å². The van der Waals surface area contributed by atoms with Crippen LogP contribution in [0, 0.1) is 0 Å². The summed E-state index contributed by atoms with van der Waals surface area (Å²) in [5, 5.41) is 4.87. The van der Waals surface area contributed by atoms with E-state index >= 15 is 0 Å². The second-order valence-corrected chi connectivity index (χ2v) is 15.4.